The summed E-state index contributed by atoms with van der Waals surface area (Å²) in [7, 11) is -4.37. The normalized spacial score (nSPS) is 11.2. The van der Waals surface area contributed by atoms with Crippen LogP contribution in [0.15, 0.2) is 23.1 Å². The van der Waals surface area contributed by atoms with E-state index in [1.54, 1.807) is 19.1 Å². The largest absolute Gasteiger partial charge is 1.00 e. The van der Waals surface area contributed by atoms with Gasteiger partial charge in [0.2, 0.25) is 0 Å². The molecule has 3 nitrogen and oxygen atoms in total. The average molecular weight is 320 g/mol. The minimum atomic E-state index is -4.37. The van der Waals surface area contributed by atoms with Crippen molar-refractivity contribution in [1.82, 2.24) is 0 Å². The van der Waals surface area contributed by atoms with E-state index in [-0.39, 0.29) is 34.5 Å². The van der Waals surface area contributed by atoms with Crippen LogP contribution < -0.4 is 29.6 Å². The first-order chi connectivity index (χ1) is 9.46. The van der Waals surface area contributed by atoms with Crippen LogP contribution >= 0.6 is 0 Å². The molecule has 0 fully saturated rings. The van der Waals surface area contributed by atoms with Gasteiger partial charge in [0.15, 0.2) is 0 Å². The van der Waals surface area contributed by atoms with Crippen molar-refractivity contribution in [2.45, 2.75) is 70.1 Å². The van der Waals surface area contributed by atoms with Gasteiger partial charge < -0.3 is 4.55 Å². The molecule has 0 aliphatic carbocycles. The second-order valence-corrected chi connectivity index (χ2v) is 6.71. The van der Waals surface area contributed by atoms with Gasteiger partial charge in [-0.1, -0.05) is 63.6 Å². The van der Waals surface area contributed by atoms with Crippen LogP contribution in [0.5, 0.6) is 0 Å². The van der Waals surface area contributed by atoms with Crippen LogP contribution in [0.2, 0.25) is 0 Å². The molecule has 0 unspecified atom stereocenters. The number of aryl methyl sites for hydroxylation is 2. The summed E-state index contributed by atoms with van der Waals surface area (Å²) in [5, 5.41) is 0. The van der Waals surface area contributed by atoms with Crippen LogP contribution in [0.1, 0.15) is 63.0 Å². The third-order valence-electron chi connectivity index (χ3n) is 3.59. The van der Waals surface area contributed by atoms with E-state index < -0.39 is 10.1 Å². The van der Waals surface area contributed by atoms with Gasteiger partial charge in [-0.15, -0.1) is 0 Å². The van der Waals surface area contributed by atoms with Gasteiger partial charge in [-0.05, 0) is 30.9 Å². The summed E-state index contributed by atoms with van der Waals surface area (Å²) in [6.45, 7) is 3.88. The fourth-order valence-corrected chi connectivity index (χ4v) is 3.49. The van der Waals surface area contributed by atoms with E-state index >= 15 is 0 Å². The summed E-state index contributed by atoms with van der Waals surface area (Å²) >= 11 is 0. The molecule has 0 bridgehead atoms. The Labute approximate surface area is 151 Å². The molecule has 1 rings (SSSR count). The third kappa shape index (κ3) is 7.80. The molecule has 0 radical (unpaired) electrons. The van der Waals surface area contributed by atoms with E-state index in [0.717, 1.165) is 12.8 Å². The van der Waals surface area contributed by atoms with Crippen LogP contribution in [0, 0.1) is 6.92 Å². The van der Waals surface area contributed by atoms with Crippen LogP contribution in [-0.4, -0.2) is 13.0 Å². The second kappa shape index (κ2) is 10.8. The van der Waals surface area contributed by atoms with Crippen molar-refractivity contribution in [3.05, 3.63) is 29.3 Å². The Balaban J connectivity index is 0.00000400. The standard InChI is InChI=1S/C16H26O3S.Na/c1-3-4-5-6-7-8-9-12-15-13-10-11-14(2)16(15)20(17,18)19;/h10-11,13H,3-9,12H2,1-2H3,(H,17,18,19);/q;+1/p-1. The van der Waals surface area contributed by atoms with Gasteiger partial charge in [-0.2, -0.15) is 0 Å². The van der Waals surface area contributed by atoms with Crippen LogP contribution in [0.25, 0.3) is 0 Å². The molecule has 1 aromatic carbocycles. The van der Waals surface area contributed by atoms with Crippen LogP contribution in [0.3, 0.4) is 0 Å². The maximum Gasteiger partial charge on any atom is 1.00 e. The Bertz CT molecular complexity index is 512. The van der Waals surface area contributed by atoms with Crippen molar-refractivity contribution in [3.8, 4) is 0 Å². The predicted octanol–water partition coefficient (Wildman–Crippen LogP) is 1.20. The molecule has 0 saturated carbocycles. The molecule has 1 aromatic rings. The Kier molecular flexibility index (Phi) is 10.9. The van der Waals surface area contributed by atoms with Crippen molar-refractivity contribution in [2.75, 3.05) is 0 Å². The fraction of sp³-hybridized carbons (Fsp3) is 0.625. The quantitative estimate of drug-likeness (QED) is 0.390. The molecule has 21 heavy (non-hydrogen) atoms. The summed E-state index contributed by atoms with van der Waals surface area (Å²) in [6, 6.07) is 5.26. The SMILES string of the molecule is CCCCCCCCCc1cccc(C)c1S(=O)(=O)[O-].[Na+]. The van der Waals surface area contributed by atoms with E-state index in [1.807, 2.05) is 6.07 Å². The Hall–Kier alpha value is 0.130. The summed E-state index contributed by atoms with van der Waals surface area (Å²) in [6.07, 6.45) is 8.95. The van der Waals surface area contributed by atoms with E-state index in [9.17, 15) is 13.0 Å². The topological polar surface area (TPSA) is 57.2 Å². The first-order valence-corrected chi connectivity index (χ1v) is 8.92. The zero-order valence-electron chi connectivity index (χ0n) is 13.5. The van der Waals surface area contributed by atoms with Crippen molar-refractivity contribution in [3.63, 3.8) is 0 Å². The summed E-state index contributed by atoms with van der Waals surface area (Å²) in [5.74, 6) is 0. The Morgan fingerprint density at radius 1 is 1.00 bits per heavy atom. The van der Waals surface area contributed by atoms with E-state index in [4.69, 9.17) is 0 Å². The van der Waals surface area contributed by atoms with E-state index in [0.29, 0.717) is 17.5 Å². The zero-order chi connectivity index (χ0) is 15.0. The van der Waals surface area contributed by atoms with Gasteiger partial charge in [-0.25, -0.2) is 8.42 Å². The molecule has 5 heteroatoms. The molecule has 0 aromatic heterocycles. The predicted molar refractivity (Wildman–Crippen MR) is 80.8 cm³/mol. The Morgan fingerprint density at radius 3 is 2.14 bits per heavy atom. The van der Waals surface area contributed by atoms with Gasteiger partial charge in [0.1, 0.15) is 10.1 Å². The van der Waals surface area contributed by atoms with Crippen molar-refractivity contribution in [1.29, 1.82) is 0 Å². The molecule has 0 aliphatic heterocycles. The first-order valence-electron chi connectivity index (χ1n) is 7.51. The first kappa shape index (κ1) is 21.1. The minimum Gasteiger partial charge on any atom is -0.744 e. The number of unbranched alkanes of at least 4 members (excludes halogenated alkanes) is 6. The zero-order valence-corrected chi connectivity index (χ0v) is 16.3. The average Bonchev–Trinajstić information content (AvgIpc) is 2.36. The number of hydrogen-bond acceptors (Lipinski definition) is 3. The third-order valence-corrected chi connectivity index (χ3v) is 4.68. The van der Waals surface area contributed by atoms with Crippen molar-refractivity contribution >= 4 is 10.1 Å². The minimum absolute atomic E-state index is 0. The van der Waals surface area contributed by atoms with Crippen molar-refractivity contribution < 1.29 is 42.5 Å². The van der Waals surface area contributed by atoms with Gasteiger partial charge >= 0.3 is 29.6 Å². The van der Waals surface area contributed by atoms with Gasteiger partial charge in [-0.3, -0.25) is 0 Å². The monoisotopic (exact) mass is 320 g/mol. The molecule has 0 spiro atoms. The van der Waals surface area contributed by atoms with Gasteiger partial charge in [0.05, 0.1) is 4.90 Å². The molecular formula is C16H25NaO3S. The van der Waals surface area contributed by atoms with E-state index in [2.05, 4.69) is 6.92 Å². The fourth-order valence-electron chi connectivity index (χ4n) is 2.54. The maximum atomic E-state index is 11.3. The smallest absolute Gasteiger partial charge is 0.744 e. The molecule has 114 valence electrons. The summed E-state index contributed by atoms with van der Waals surface area (Å²) in [4.78, 5) is -0.00835. The number of benzene rings is 1. The Morgan fingerprint density at radius 2 is 1.57 bits per heavy atom. The number of hydrogen-bond donors (Lipinski definition) is 0. The van der Waals surface area contributed by atoms with E-state index in [1.165, 1.54) is 32.1 Å². The molecule has 0 saturated heterocycles. The molecular weight excluding hydrogens is 295 g/mol. The van der Waals surface area contributed by atoms with Crippen LogP contribution in [-0.2, 0) is 16.5 Å². The number of rotatable bonds is 9. The molecule has 0 amide bonds. The maximum absolute atomic E-state index is 11.3. The summed E-state index contributed by atoms with van der Waals surface area (Å²) < 4.78 is 34.0. The molecule has 0 N–H and O–H groups in total. The van der Waals surface area contributed by atoms with Crippen LogP contribution in [0.4, 0.5) is 0 Å². The van der Waals surface area contributed by atoms with Crippen molar-refractivity contribution in [2.24, 2.45) is 0 Å². The summed E-state index contributed by atoms with van der Waals surface area (Å²) in [5.41, 5.74) is 1.23. The van der Waals surface area contributed by atoms with Gasteiger partial charge in [0, 0.05) is 0 Å². The molecule has 0 heterocycles. The molecule has 0 atom stereocenters. The second-order valence-electron chi connectivity index (χ2n) is 5.39. The molecule has 0 aliphatic rings. The van der Waals surface area contributed by atoms with Gasteiger partial charge in [0.25, 0.3) is 0 Å².